The molecule has 1 aromatic carbocycles. The highest BCUT2D eigenvalue weighted by molar-refractivity contribution is 7.99. The van der Waals surface area contributed by atoms with Crippen molar-refractivity contribution in [3.05, 3.63) is 30.3 Å². The van der Waals surface area contributed by atoms with E-state index < -0.39 is 0 Å². The Bertz CT molecular complexity index is 330. The van der Waals surface area contributed by atoms with E-state index in [1.54, 1.807) is 0 Å². The van der Waals surface area contributed by atoms with Gasteiger partial charge in [0.2, 0.25) is 0 Å². The Labute approximate surface area is 121 Å². The highest BCUT2D eigenvalue weighted by atomic mass is 35.5. The summed E-state index contributed by atoms with van der Waals surface area (Å²) in [6.45, 7) is 1.93. The highest BCUT2D eigenvalue weighted by Gasteiger charge is 2.32. The van der Waals surface area contributed by atoms with Gasteiger partial charge in [0, 0.05) is 29.8 Å². The van der Waals surface area contributed by atoms with E-state index in [1.165, 1.54) is 17.7 Å². The summed E-state index contributed by atoms with van der Waals surface area (Å²) in [5.41, 5.74) is 5.85. The van der Waals surface area contributed by atoms with Crippen molar-refractivity contribution >= 4 is 24.2 Å². The zero-order valence-electron chi connectivity index (χ0n) is 10.9. The molecule has 1 unspecified atom stereocenters. The van der Waals surface area contributed by atoms with E-state index in [9.17, 15) is 0 Å². The fraction of sp³-hybridized carbons (Fsp3) is 0.571. The molecule has 0 radical (unpaired) electrons. The third kappa shape index (κ3) is 4.81. The number of nitrogens with two attached hydrogens (primary N) is 1. The molecule has 1 aliphatic carbocycles. The van der Waals surface area contributed by atoms with Crippen molar-refractivity contribution in [2.75, 3.05) is 25.9 Å². The van der Waals surface area contributed by atoms with Gasteiger partial charge in [-0.3, -0.25) is 0 Å². The van der Waals surface area contributed by atoms with Gasteiger partial charge in [-0.15, -0.1) is 24.2 Å². The molecule has 2 N–H and O–H groups in total. The zero-order chi connectivity index (χ0) is 12.1. The van der Waals surface area contributed by atoms with Gasteiger partial charge in [0.15, 0.2) is 0 Å². The van der Waals surface area contributed by atoms with Crippen molar-refractivity contribution in [3.8, 4) is 0 Å². The average Bonchev–Trinajstić information content (AvgIpc) is 3.16. The topological polar surface area (TPSA) is 29.3 Å². The number of thioether (sulfide) groups is 1. The summed E-state index contributed by atoms with van der Waals surface area (Å²) in [5, 5.41) is 0. The molecule has 2 rings (SSSR count). The van der Waals surface area contributed by atoms with Crippen LogP contribution in [0, 0.1) is 5.92 Å². The van der Waals surface area contributed by atoms with Crippen LogP contribution in [0.15, 0.2) is 35.2 Å². The van der Waals surface area contributed by atoms with Gasteiger partial charge in [-0.05, 0) is 37.9 Å². The summed E-state index contributed by atoms with van der Waals surface area (Å²) >= 11 is 1.93. The Morgan fingerprint density at radius 2 is 2.00 bits per heavy atom. The fourth-order valence-electron chi connectivity index (χ4n) is 2.20. The Balaban J connectivity index is 0.00000162. The van der Waals surface area contributed by atoms with Gasteiger partial charge >= 0.3 is 0 Å². The van der Waals surface area contributed by atoms with Gasteiger partial charge in [-0.25, -0.2) is 0 Å². The second-order valence-corrected chi connectivity index (χ2v) is 5.95. The molecular formula is C14H23ClN2S. The summed E-state index contributed by atoms with van der Waals surface area (Å²) in [4.78, 5) is 3.80. The molecule has 102 valence electrons. The van der Waals surface area contributed by atoms with E-state index >= 15 is 0 Å². The van der Waals surface area contributed by atoms with Crippen molar-refractivity contribution in [3.63, 3.8) is 0 Å². The largest absolute Gasteiger partial charge is 0.329 e. The minimum Gasteiger partial charge on any atom is -0.329 e. The first-order valence-corrected chi connectivity index (χ1v) is 7.38. The molecule has 4 heteroatoms. The lowest BCUT2D eigenvalue weighted by molar-refractivity contribution is 0.236. The Morgan fingerprint density at radius 3 is 2.56 bits per heavy atom. The maximum atomic E-state index is 5.85. The van der Waals surface area contributed by atoms with Crippen LogP contribution in [0.3, 0.4) is 0 Å². The van der Waals surface area contributed by atoms with Crippen LogP contribution in [-0.2, 0) is 0 Å². The number of hydrogen-bond acceptors (Lipinski definition) is 3. The first kappa shape index (κ1) is 15.8. The van der Waals surface area contributed by atoms with E-state index in [1.807, 2.05) is 11.8 Å². The summed E-state index contributed by atoms with van der Waals surface area (Å²) < 4.78 is 0. The van der Waals surface area contributed by atoms with Crippen LogP contribution < -0.4 is 5.73 Å². The number of hydrogen-bond donors (Lipinski definition) is 1. The molecule has 1 saturated carbocycles. The Kier molecular flexibility index (Phi) is 7.08. The molecule has 1 atom stereocenters. The predicted octanol–water partition coefficient (Wildman–Crippen LogP) is 2.87. The molecule has 0 aliphatic heterocycles. The van der Waals surface area contributed by atoms with E-state index in [0.29, 0.717) is 6.04 Å². The molecule has 0 aromatic heterocycles. The quantitative estimate of drug-likeness (QED) is 0.782. The summed E-state index contributed by atoms with van der Waals surface area (Å²) in [5.74, 6) is 2.01. The van der Waals surface area contributed by atoms with Crippen molar-refractivity contribution < 1.29 is 0 Å². The number of benzene rings is 1. The van der Waals surface area contributed by atoms with E-state index in [-0.39, 0.29) is 12.4 Å². The molecule has 2 nitrogen and oxygen atoms in total. The molecule has 0 bridgehead atoms. The van der Waals surface area contributed by atoms with E-state index in [0.717, 1.165) is 24.8 Å². The first-order valence-electron chi connectivity index (χ1n) is 6.39. The summed E-state index contributed by atoms with van der Waals surface area (Å²) in [7, 11) is 2.21. The normalized spacial score (nSPS) is 16.4. The Hall–Kier alpha value is -0.220. The van der Waals surface area contributed by atoms with Gasteiger partial charge in [0.1, 0.15) is 0 Å². The molecule has 1 aromatic rings. The second-order valence-electron chi connectivity index (χ2n) is 4.78. The van der Waals surface area contributed by atoms with Crippen molar-refractivity contribution in [2.24, 2.45) is 11.7 Å². The number of likely N-dealkylation sites (N-methyl/N-ethyl adjacent to an activating group) is 1. The molecule has 18 heavy (non-hydrogen) atoms. The molecule has 0 heterocycles. The SMILES string of the molecule is CN(CCSc1ccccc1)C(CN)C1CC1.Cl. The summed E-state index contributed by atoms with van der Waals surface area (Å²) in [6, 6.07) is 11.2. The zero-order valence-corrected chi connectivity index (χ0v) is 12.6. The third-order valence-electron chi connectivity index (χ3n) is 3.43. The molecule has 0 amide bonds. The number of halogens is 1. The van der Waals surface area contributed by atoms with Crippen molar-refractivity contribution in [2.45, 2.75) is 23.8 Å². The van der Waals surface area contributed by atoms with Crippen LogP contribution in [0.25, 0.3) is 0 Å². The van der Waals surface area contributed by atoms with Crippen molar-refractivity contribution in [1.82, 2.24) is 4.90 Å². The minimum absolute atomic E-state index is 0. The standard InChI is InChI=1S/C14H22N2S.ClH/c1-16(14(11-15)12-7-8-12)9-10-17-13-5-3-2-4-6-13;/h2-6,12,14H,7-11,15H2,1H3;1H. The Morgan fingerprint density at radius 1 is 1.33 bits per heavy atom. The van der Waals surface area contributed by atoms with Crippen molar-refractivity contribution in [1.29, 1.82) is 0 Å². The van der Waals surface area contributed by atoms with E-state index in [4.69, 9.17) is 5.73 Å². The van der Waals surface area contributed by atoms with Gasteiger partial charge in [-0.2, -0.15) is 0 Å². The molecule has 1 fully saturated rings. The summed E-state index contributed by atoms with van der Waals surface area (Å²) in [6.07, 6.45) is 2.75. The lowest BCUT2D eigenvalue weighted by atomic mass is 10.1. The van der Waals surface area contributed by atoms with Gasteiger partial charge in [-0.1, -0.05) is 18.2 Å². The molecule has 1 aliphatic rings. The van der Waals surface area contributed by atoms with Crippen LogP contribution in [0.5, 0.6) is 0 Å². The lowest BCUT2D eigenvalue weighted by Gasteiger charge is -2.26. The van der Waals surface area contributed by atoms with Crippen LogP contribution in [0.2, 0.25) is 0 Å². The third-order valence-corrected chi connectivity index (χ3v) is 4.42. The molecule has 0 spiro atoms. The van der Waals surface area contributed by atoms with Crippen LogP contribution in [0.4, 0.5) is 0 Å². The highest BCUT2D eigenvalue weighted by Crippen LogP contribution is 2.34. The minimum atomic E-state index is 0. The number of nitrogens with zero attached hydrogens (tertiary/aromatic N) is 1. The van der Waals surface area contributed by atoms with Crippen LogP contribution in [0.1, 0.15) is 12.8 Å². The average molecular weight is 287 g/mol. The smallest absolute Gasteiger partial charge is 0.0243 e. The number of rotatable bonds is 7. The van der Waals surface area contributed by atoms with Gasteiger partial charge in [0.25, 0.3) is 0 Å². The monoisotopic (exact) mass is 286 g/mol. The predicted molar refractivity (Wildman–Crippen MR) is 82.6 cm³/mol. The first-order chi connectivity index (χ1) is 8.31. The lowest BCUT2D eigenvalue weighted by Crippen LogP contribution is -2.40. The van der Waals surface area contributed by atoms with Gasteiger partial charge < -0.3 is 10.6 Å². The molecular weight excluding hydrogens is 264 g/mol. The molecule has 0 saturated heterocycles. The maximum Gasteiger partial charge on any atom is 0.0243 e. The van der Waals surface area contributed by atoms with Crippen LogP contribution >= 0.6 is 24.2 Å². The van der Waals surface area contributed by atoms with Gasteiger partial charge in [0.05, 0.1) is 0 Å². The maximum absolute atomic E-state index is 5.85. The fourth-order valence-corrected chi connectivity index (χ4v) is 3.17. The van der Waals surface area contributed by atoms with Crippen LogP contribution in [-0.4, -0.2) is 36.8 Å². The van der Waals surface area contributed by atoms with E-state index in [2.05, 4.69) is 42.3 Å². The second kappa shape index (κ2) is 8.05.